The van der Waals surface area contributed by atoms with E-state index in [1.165, 1.54) is 11.0 Å². The van der Waals surface area contributed by atoms with Crippen LogP contribution in [0, 0.1) is 5.92 Å². The Kier molecular flexibility index (Phi) is 6.79. The summed E-state index contributed by atoms with van der Waals surface area (Å²) in [6, 6.07) is 4.40. The summed E-state index contributed by atoms with van der Waals surface area (Å²) in [7, 11) is 0. The fourth-order valence-electron chi connectivity index (χ4n) is 4.20. The predicted octanol–water partition coefficient (Wildman–Crippen LogP) is 1.41. The first-order chi connectivity index (χ1) is 15.0. The van der Waals surface area contributed by atoms with E-state index >= 15 is 0 Å². The first-order valence-electron chi connectivity index (χ1n) is 10.5. The molecule has 1 aliphatic carbocycles. The molecular formula is C20H25ClN6O4. The van der Waals surface area contributed by atoms with Crippen LogP contribution in [0.4, 0.5) is 0 Å². The van der Waals surface area contributed by atoms with Crippen LogP contribution in [0.5, 0.6) is 0 Å². The zero-order chi connectivity index (χ0) is 21.8. The van der Waals surface area contributed by atoms with E-state index in [0.717, 1.165) is 37.2 Å². The molecule has 2 aliphatic rings. The number of hydroxylamine groups is 2. The van der Waals surface area contributed by atoms with E-state index in [4.69, 9.17) is 16.4 Å². The molecule has 4 rings (SSSR count). The van der Waals surface area contributed by atoms with Gasteiger partial charge in [0, 0.05) is 18.0 Å². The Morgan fingerprint density at radius 1 is 1.26 bits per heavy atom. The number of carbonyl (C=O) groups is 2. The number of aliphatic hydroxyl groups excluding tert-OH is 1. The summed E-state index contributed by atoms with van der Waals surface area (Å²) in [5.74, 6) is -0.981. The number of tetrazole rings is 1. The smallest absolute Gasteiger partial charge is 0.275 e. The summed E-state index contributed by atoms with van der Waals surface area (Å²) in [6.45, 7) is 0.409. The summed E-state index contributed by atoms with van der Waals surface area (Å²) >= 11 is 6.12. The topological polar surface area (TPSA) is 122 Å². The van der Waals surface area contributed by atoms with Crippen molar-refractivity contribution in [1.82, 2.24) is 30.6 Å². The van der Waals surface area contributed by atoms with Gasteiger partial charge in [0.2, 0.25) is 5.91 Å². The summed E-state index contributed by atoms with van der Waals surface area (Å²) in [5, 5.41) is 26.1. The SMILES string of the molecule is O=C(NCc1cc(Cl)ccc1-n1cnnn1)[C@@H]1CCON1C(=O)[C@H](O)C1CCCCC1. The van der Waals surface area contributed by atoms with Gasteiger partial charge < -0.3 is 10.4 Å². The minimum atomic E-state index is -1.15. The zero-order valence-electron chi connectivity index (χ0n) is 17.0. The van der Waals surface area contributed by atoms with E-state index in [-0.39, 0.29) is 25.0 Å². The number of halogens is 1. The fraction of sp³-hybridized carbons (Fsp3) is 0.550. The molecule has 2 fully saturated rings. The molecule has 11 heteroatoms. The van der Waals surface area contributed by atoms with Gasteiger partial charge in [0.1, 0.15) is 18.5 Å². The highest BCUT2D eigenvalue weighted by molar-refractivity contribution is 6.30. The van der Waals surface area contributed by atoms with Gasteiger partial charge in [0.15, 0.2) is 0 Å². The van der Waals surface area contributed by atoms with Crippen molar-refractivity contribution in [2.24, 2.45) is 5.92 Å². The van der Waals surface area contributed by atoms with Gasteiger partial charge in [-0.3, -0.25) is 14.4 Å². The molecule has 2 amide bonds. The van der Waals surface area contributed by atoms with Crippen molar-refractivity contribution >= 4 is 23.4 Å². The number of aliphatic hydroxyl groups is 1. The Morgan fingerprint density at radius 3 is 2.81 bits per heavy atom. The molecule has 2 heterocycles. The van der Waals surface area contributed by atoms with Crippen LogP contribution < -0.4 is 5.32 Å². The second-order valence-electron chi connectivity index (χ2n) is 7.89. The van der Waals surface area contributed by atoms with Crippen molar-refractivity contribution in [3.63, 3.8) is 0 Å². The first kappa shape index (κ1) is 21.7. The number of amides is 2. The quantitative estimate of drug-likeness (QED) is 0.684. The van der Waals surface area contributed by atoms with Gasteiger partial charge in [-0.1, -0.05) is 30.9 Å². The average molecular weight is 449 g/mol. The Hall–Kier alpha value is -2.56. The van der Waals surface area contributed by atoms with E-state index in [2.05, 4.69) is 20.8 Å². The minimum absolute atomic E-state index is 0.0838. The molecule has 1 saturated carbocycles. The van der Waals surface area contributed by atoms with Crippen molar-refractivity contribution < 1.29 is 19.5 Å². The van der Waals surface area contributed by atoms with Crippen LogP contribution in [0.2, 0.25) is 5.02 Å². The van der Waals surface area contributed by atoms with Crippen molar-refractivity contribution in [3.05, 3.63) is 35.1 Å². The normalized spacial score (nSPS) is 20.6. The van der Waals surface area contributed by atoms with Gasteiger partial charge >= 0.3 is 0 Å². The number of carbonyl (C=O) groups excluding carboxylic acids is 2. The van der Waals surface area contributed by atoms with Crippen LogP contribution in [-0.4, -0.2) is 60.9 Å². The number of benzene rings is 1. The summed E-state index contributed by atoms with van der Waals surface area (Å²) in [4.78, 5) is 31.1. The maximum Gasteiger partial charge on any atom is 0.275 e. The zero-order valence-corrected chi connectivity index (χ0v) is 17.7. The molecule has 0 unspecified atom stereocenters. The molecule has 0 bridgehead atoms. The lowest BCUT2D eigenvalue weighted by Gasteiger charge is -2.30. The maximum absolute atomic E-state index is 12.9. The van der Waals surface area contributed by atoms with Gasteiger partial charge in [-0.25, -0.2) is 9.75 Å². The summed E-state index contributed by atoms with van der Waals surface area (Å²) < 4.78 is 1.48. The molecule has 1 aromatic carbocycles. The predicted molar refractivity (Wildman–Crippen MR) is 110 cm³/mol. The number of nitrogens with one attached hydrogen (secondary N) is 1. The molecule has 2 atom stereocenters. The first-order valence-corrected chi connectivity index (χ1v) is 10.9. The second kappa shape index (κ2) is 9.71. The lowest BCUT2D eigenvalue weighted by atomic mass is 9.85. The van der Waals surface area contributed by atoms with E-state index in [1.807, 2.05) is 0 Å². The maximum atomic E-state index is 12.9. The summed E-state index contributed by atoms with van der Waals surface area (Å²) in [6.07, 6.45) is 5.42. The molecule has 0 radical (unpaired) electrons. The molecule has 10 nitrogen and oxygen atoms in total. The second-order valence-corrected chi connectivity index (χ2v) is 8.33. The largest absolute Gasteiger partial charge is 0.383 e. The van der Waals surface area contributed by atoms with Crippen molar-refractivity contribution in [3.8, 4) is 5.69 Å². The number of nitrogens with zero attached hydrogens (tertiary/aromatic N) is 5. The van der Waals surface area contributed by atoms with E-state index in [0.29, 0.717) is 22.7 Å². The number of hydrogen-bond acceptors (Lipinski definition) is 7. The molecule has 0 spiro atoms. The van der Waals surface area contributed by atoms with Crippen LogP contribution in [-0.2, 0) is 21.0 Å². The third-order valence-corrected chi connectivity index (χ3v) is 6.10. The Balaban J connectivity index is 1.41. The van der Waals surface area contributed by atoms with E-state index in [9.17, 15) is 14.7 Å². The van der Waals surface area contributed by atoms with Crippen molar-refractivity contribution in [2.45, 2.75) is 57.2 Å². The molecule has 1 saturated heterocycles. The lowest BCUT2D eigenvalue weighted by molar-refractivity contribution is -0.190. The Bertz CT molecular complexity index is 918. The van der Waals surface area contributed by atoms with Crippen LogP contribution in [0.15, 0.2) is 24.5 Å². The number of aromatic nitrogens is 4. The third kappa shape index (κ3) is 4.86. The molecular weight excluding hydrogens is 424 g/mol. The van der Waals surface area contributed by atoms with Crippen LogP contribution in [0.1, 0.15) is 44.1 Å². The highest BCUT2D eigenvalue weighted by Gasteiger charge is 2.40. The number of hydrogen-bond donors (Lipinski definition) is 2. The lowest BCUT2D eigenvalue weighted by Crippen LogP contribution is -2.50. The molecule has 31 heavy (non-hydrogen) atoms. The Labute approximate surface area is 184 Å². The Morgan fingerprint density at radius 2 is 2.06 bits per heavy atom. The summed E-state index contributed by atoms with van der Waals surface area (Å²) in [5.41, 5.74) is 1.39. The highest BCUT2D eigenvalue weighted by atomic mass is 35.5. The van der Waals surface area contributed by atoms with E-state index in [1.54, 1.807) is 18.2 Å². The highest BCUT2D eigenvalue weighted by Crippen LogP contribution is 2.29. The monoisotopic (exact) mass is 448 g/mol. The molecule has 1 aliphatic heterocycles. The average Bonchev–Trinajstić information content (AvgIpc) is 3.49. The minimum Gasteiger partial charge on any atom is -0.383 e. The van der Waals surface area contributed by atoms with Gasteiger partial charge in [0.05, 0.1) is 12.3 Å². The van der Waals surface area contributed by atoms with Crippen LogP contribution in [0.25, 0.3) is 5.69 Å². The van der Waals surface area contributed by atoms with E-state index < -0.39 is 18.1 Å². The molecule has 2 aromatic rings. The molecule has 2 N–H and O–H groups in total. The van der Waals surface area contributed by atoms with Gasteiger partial charge in [-0.05, 0) is 52.9 Å². The van der Waals surface area contributed by atoms with Crippen LogP contribution in [0.3, 0.4) is 0 Å². The van der Waals surface area contributed by atoms with Gasteiger partial charge in [0.25, 0.3) is 5.91 Å². The fourth-order valence-corrected chi connectivity index (χ4v) is 4.39. The standard InChI is InChI=1S/C20H25ClN6O4/c21-15-6-7-16(26-12-23-24-25-26)14(10-15)11-22-19(29)17-8-9-31-27(17)20(30)18(28)13-4-2-1-3-5-13/h6-7,10,12-13,17-18,28H,1-5,8-9,11H2,(H,22,29)/t17-,18+/m0/s1. The van der Waals surface area contributed by atoms with Crippen molar-refractivity contribution in [1.29, 1.82) is 0 Å². The molecule has 166 valence electrons. The van der Waals surface area contributed by atoms with Gasteiger partial charge in [-0.2, -0.15) is 0 Å². The van der Waals surface area contributed by atoms with Gasteiger partial charge in [-0.15, -0.1) is 5.10 Å². The van der Waals surface area contributed by atoms with Crippen LogP contribution >= 0.6 is 11.6 Å². The third-order valence-electron chi connectivity index (χ3n) is 5.86. The van der Waals surface area contributed by atoms with Crippen molar-refractivity contribution in [2.75, 3.05) is 6.61 Å². The molecule has 1 aromatic heterocycles. The number of rotatable bonds is 6.